The molecular weight excluding hydrogens is 406 g/mol. The summed E-state index contributed by atoms with van der Waals surface area (Å²) in [6.07, 6.45) is 3.56. The molecule has 2 aromatic heterocycles. The number of aryl methyl sites for hydroxylation is 1. The summed E-state index contributed by atoms with van der Waals surface area (Å²) in [5, 5.41) is 22.4. The fourth-order valence-electron chi connectivity index (χ4n) is 3.19. The second-order valence-corrected chi connectivity index (χ2v) is 7.10. The van der Waals surface area contributed by atoms with Gasteiger partial charge in [0.15, 0.2) is 0 Å². The summed E-state index contributed by atoms with van der Waals surface area (Å²) in [5.41, 5.74) is 1.35. The van der Waals surface area contributed by atoms with E-state index in [1.165, 1.54) is 10.7 Å². The SMILES string of the molecule is C=c1[nH]n(-c2cccc[n+]2C)c(=O)c1=Cc1ccc(O)c(N=Nc2ccc(OC)cc2)c1. The van der Waals surface area contributed by atoms with Crippen LogP contribution in [0.4, 0.5) is 11.4 Å². The van der Waals surface area contributed by atoms with Gasteiger partial charge in [-0.15, -0.1) is 5.11 Å². The predicted molar refractivity (Wildman–Crippen MR) is 121 cm³/mol. The van der Waals surface area contributed by atoms with Gasteiger partial charge in [-0.25, -0.2) is 14.5 Å². The highest BCUT2D eigenvalue weighted by Gasteiger charge is 2.15. The van der Waals surface area contributed by atoms with E-state index in [0.29, 0.717) is 33.4 Å². The maximum Gasteiger partial charge on any atom is 0.366 e. The van der Waals surface area contributed by atoms with E-state index in [4.69, 9.17) is 4.74 Å². The van der Waals surface area contributed by atoms with Crippen LogP contribution in [-0.2, 0) is 7.05 Å². The van der Waals surface area contributed by atoms with Gasteiger partial charge in [0.1, 0.15) is 17.2 Å². The van der Waals surface area contributed by atoms with Gasteiger partial charge in [-0.2, -0.15) is 5.11 Å². The van der Waals surface area contributed by atoms with Gasteiger partial charge in [0.25, 0.3) is 0 Å². The highest BCUT2D eigenvalue weighted by Crippen LogP contribution is 2.29. The van der Waals surface area contributed by atoms with Crippen molar-refractivity contribution in [1.82, 2.24) is 9.78 Å². The minimum atomic E-state index is -0.230. The summed E-state index contributed by atoms with van der Waals surface area (Å²) in [4.78, 5) is 13.0. The molecule has 2 heterocycles. The third-order valence-electron chi connectivity index (χ3n) is 4.92. The van der Waals surface area contributed by atoms with Crippen LogP contribution in [0.1, 0.15) is 5.56 Å². The number of methoxy groups -OCH3 is 1. The van der Waals surface area contributed by atoms with Crippen LogP contribution < -0.4 is 25.4 Å². The van der Waals surface area contributed by atoms with Crippen molar-refractivity contribution in [2.75, 3.05) is 7.11 Å². The van der Waals surface area contributed by atoms with Gasteiger partial charge in [0.05, 0.1) is 36.6 Å². The largest absolute Gasteiger partial charge is 0.506 e. The van der Waals surface area contributed by atoms with E-state index < -0.39 is 0 Å². The van der Waals surface area contributed by atoms with E-state index in [1.54, 1.807) is 49.6 Å². The summed E-state index contributed by atoms with van der Waals surface area (Å²) >= 11 is 0. The number of H-pyrrole nitrogens is 1. The Morgan fingerprint density at radius 3 is 2.62 bits per heavy atom. The van der Waals surface area contributed by atoms with Crippen molar-refractivity contribution in [2.45, 2.75) is 0 Å². The first-order valence-electron chi connectivity index (χ1n) is 9.82. The lowest BCUT2D eigenvalue weighted by molar-refractivity contribution is -0.666. The summed E-state index contributed by atoms with van der Waals surface area (Å²) < 4.78 is 8.40. The van der Waals surface area contributed by atoms with E-state index in [-0.39, 0.29) is 17.0 Å². The van der Waals surface area contributed by atoms with Gasteiger partial charge < -0.3 is 9.84 Å². The summed E-state index contributed by atoms with van der Waals surface area (Å²) in [6, 6.07) is 17.5. The molecule has 0 amide bonds. The Bertz CT molecular complexity index is 1470. The lowest BCUT2D eigenvalue weighted by Crippen LogP contribution is -2.39. The van der Waals surface area contributed by atoms with Crippen LogP contribution in [0.2, 0.25) is 0 Å². The number of benzene rings is 2. The summed E-state index contributed by atoms with van der Waals surface area (Å²) in [7, 11) is 3.45. The number of aromatic nitrogens is 3. The molecule has 0 saturated carbocycles. The Kier molecular flexibility index (Phi) is 5.67. The first-order chi connectivity index (χ1) is 15.5. The molecule has 2 aromatic carbocycles. The second kappa shape index (κ2) is 8.73. The molecule has 0 radical (unpaired) electrons. The van der Waals surface area contributed by atoms with Crippen LogP contribution in [-0.4, -0.2) is 22.0 Å². The first kappa shape index (κ1) is 20.8. The normalized spacial score (nSPS) is 11.9. The molecule has 8 nitrogen and oxygen atoms in total. The molecule has 160 valence electrons. The summed E-state index contributed by atoms with van der Waals surface area (Å²) in [6.45, 7) is 3.96. The zero-order valence-electron chi connectivity index (χ0n) is 17.7. The molecule has 0 bridgehead atoms. The number of rotatable bonds is 5. The lowest BCUT2D eigenvalue weighted by Gasteiger charge is -2.00. The molecule has 0 aliphatic rings. The molecule has 0 fully saturated rings. The van der Waals surface area contributed by atoms with Gasteiger partial charge in [0, 0.05) is 6.07 Å². The zero-order chi connectivity index (χ0) is 22.7. The van der Waals surface area contributed by atoms with Crippen LogP contribution in [0, 0.1) is 0 Å². The number of nitrogens with one attached hydrogen (secondary N) is 1. The maximum absolute atomic E-state index is 13.0. The number of aromatic amines is 1. The van der Waals surface area contributed by atoms with Crippen LogP contribution in [0.25, 0.3) is 18.5 Å². The molecular formula is C24H22N5O3+. The van der Waals surface area contributed by atoms with Gasteiger partial charge >= 0.3 is 11.4 Å². The molecule has 0 atom stereocenters. The lowest BCUT2D eigenvalue weighted by atomic mass is 10.1. The number of aromatic hydroxyl groups is 1. The summed E-state index contributed by atoms with van der Waals surface area (Å²) in [5.74, 6) is 1.38. The Labute approximate surface area is 183 Å². The Balaban J connectivity index is 1.71. The van der Waals surface area contributed by atoms with Crippen LogP contribution in [0.3, 0.4) is 0 Å². The predicted octanol–water partition coefficient (Wildman–Crippen LogP) is 2.36. The molecule has 32 heavy (non-hydrogen) atoms. The van der Waals surface area contributed by atoms with Crippen LogP contribution >= 0.6 is 0 Å². The monoisotopic (exact) mass is 428 g/mol. The van der Waals surface area contributed by atoms with Crippen LogP contribution in [0.5, 0.6) is 11.5 Å². The van der Waals surface area contributed by atoms with Crippen molar-refractivity contribution < 1.29 is 14.4 Å². The van der Waals surface area contributed by atoms with Crippen LogP contribution in [0.15, 0.2) is 81.9 Å². The molecule has 4 rings (SSSR count). The van der Waals surface area contributed by atoms with Crippen molar-refractivity contribution in [3.63, 3.8) is 0 Å². The van der Waals surface area contributed by atoms with Gasteiger partial charge in [-0.05, 0) is 54.1 Å². The molecule has 4 aromatic rings. The molecule has 0 aliphatic carbocycles. The average molecular weight is 428 g/mol. The van der Waals surface area contributed by atoms with Gasteiger partial charge in [-0.3, -0.25) is 0 Å². The molecule has 2 N–H and O–H groups in total. The second-order valence-electron chi connectivity index (χ2n) is 7.10. The van der Waals surface area contributed by atoms with Crippen molar-refractivity contribution >= 4 is 24.0 Å². The number of hydrogen-bond donors (Lipinski definition) is 2. The number of azo groups is 1. The highest BCUT2D eigenvalue weighted by atomic mass is 16.5. The van der Waals surface area contributed by atoms with E-state index in [9.17, 15) is 9.90 Å². The quantitative estimate of drug-likeness (QED) is 0.377. The fourth-order valence-corrected chi connectivity index (χ4v) is 3.19. The minimum Gasteiger partial charge on any atom is -0.506 e. The van der Waals surface area contributed by atoms with E-state index in [0.717, 1.165) is 0 Å². The minimum absolute atomic E-state index is 0.0166. The molecule has 0 unspecified atom stereocenters. The van der Waals surface area contributed by atoms with E-state index in [1.807, 2.05) is 36.0 Å². The molecule has 0 saturated heterocycles. The zero-order valence-corrected chi connectivity index (χ0v) is 17.7. The maximum atomic E-state index is 13.0. The number of pyridine rings is 1. The Morgan fingerprint density at radius 1 is 1.12 bits per heavy atom. The van der Waals surface area contributed by atoms with E-state index in [2.05, 4.69) is 21.9 Å². The number of nitrogens with zero attached hydrogens (tertiary/aromatic N) is 4. The van der Waals surface area contributed by atoms with Gasteiger partial charge in [-0.1, -0.05) is 23.4 Å². The van der Waals surface area contributed by atoms with Gasteiger partial charge in [0.2, 0.25) is 0 Å². The standard InChI is InChI=1S/C24H21N5O3/c1-16-20(24(31)29(27-16)23-6-4-5-13-28(23)2)14-17-7-12-22(30)21(15-17)26-25-18-8-10-19(32-3)11-9-18/h4-15,27H,1H2,2-3H3/p+1. The first-order valence-corrected chi connectivity index (χ1v) is 9.82. The van der Waals surface area contributed by atoms with Crippen molar-refractivity contribution in [3.05, 3.63) is 93.3 Å². The molecule has 0 aliphatic heterocycles. The Morgan fingerprint density at radius 2 is 1.91 bits per heavy atom. The highest BCUT2D eigenvalue weighted by molar-refractivity contribution is 5.61. The topological polar surface area (TPSA) is 95.9 Å². The third kappa shape index (κ3) is 4.20. The number of hydrogen-bond acceptors (Lipinski definition) is 5. The smallest absolute Gasteiger partial charge is 0.366 e. The number of phenols is 1. The molecule has 0 spiro atoms. The van der Waals surface area contributed by atoms with Crippen molar-refractivity contribution in [1.29, 1.82) is 0 Å². The van der Waals surface area contributed by atoms with Crippen molar-refractivity contribution in [3.8, 4) is 17.3 Å². The number of ether oxygens (including phenoxy) is 1. The average Bonchev–Trinajstić information content (AvgIpc) is 3.08. The van der Waals surface area contributed by atoms with Crippen molar-refractivity contribution in [2.24, 2.45) is 17.3 Å². The number of phenolic OH excluding ortho intramolecular Hbond substituents is 1. The fraction of sp³-hybridized carbons (Fsp3) is 0.0833. The molecule has 8 heteroatoms. The Hall–Kier alpha value is -4.46. The third-order valence-corrected chi connectivity index (χ3v) is 4.92. The van der Waals surface area contributed by atoms with E-state index >= 15 is 0 Å².